The normalized spacial score (nSPS) is 24.6. The Morgan fingerprint density at radius 1 is 1.45 bits per heavy atom. The molecule has 1 aromatic rings. The van der Waals surface area contributed by atoms with Gasteiger partial charge in [-0.2, -0.15) is 0 Å². The van der Waals surface area contributed by atoms with Crippen LogP contribution in [0.25, 0.3) is 0 Å². The molecule has 0 radical (unpaired) electrons. The van der Waals surface area contributed by atoms with Crippen molar-refractivity contribution in [2.75, 3.05) is 25.5 Å². The van der Waals surface area contributed by atoms with Crippen LogP contribution in [0.2, 0.25) is 0 Å². The van der Waals surface area contributed by atoms with E-state index in [0.29, 0.717) is 13.0 Å². The summed E-state index contributed by atoms with van der Waals surface area (Å²) < 4.78 is 5.36. The molecule has 1 fully saturated rings. The number of hydrogen-bond acceptors (Lipinski definition) is 4. The van der Waals surface area contributed by atoms with E-state index in [1.54, 1.807) is 0 Å². The molecule has 1 amide bonds. The second kappa shape index (κ2) is 7.31. The molecule has 2 aliphatic rings. The fourth-order valence-corrected chi connectivity index (χ4v) is 3.67. The second-order valence-corrected chi connectivity index (χ2v) is 5.96. The van der Waals surface area contributed by atoms with Crippen LogP contribution in [0.4, 0.5) is 0 Å². The molecule has 0 aromatic heterocycles. The third kappa shape index (κ3) is 3.67. The SMILES string of the molecule is Cl.O=C(CC1COCCN1)NC1CSc2ccccc21. The molecule has 0 saturated carbocycles. The van der Waals surface area contributed by atoms with Gasteiger partial charge in [-0.1, -0.05) is 18.2 Å². The van der Waals surface area contributed by atoms with Crippen molar-refractivity contribution in [2.24, 2.45) is 0 Å². The predicted molar refractivity (Wildman–Crippen MR) is 82.5 cm³/mol. The van der Waals surface area contributed by atoms with E-state index in [0.717, 1.165) is 18.9 Å². The van der Waals surface area contributed by atoms with Gasteiger partial charge in [-0.3, -0.25) is 4.79 Å². The summed E-state index contributed by atoms with van der Waals surface area (Å²) >= 11 is 1.81. The number of rotatable bonds is 3. The molecule has 2 unspecified atom stereocenters. The average molecular weight is 315 g/mol. The quantitative estimate of drug-likeness (QED) is 0.892. The van der Waals surface area contributed by atoms with Crippen molar-refractivity contribution in [3.05, 3.63) is 29.8 Å². The molecule has 1 saturated heterocycles. The van der Waals surface area contributed by atoms with Crippen LogP contribution in [0.1, 0.15) is 18.0 Å². The van der Waals surface area contributed by atoms with Crippen LogP contribution >= 0.6 is 24.2 Å². The standard InChI is InChI=1S/C14H18N2O2S.ClH/c17-14(7-10-8-18-6-5-15-10)16-12-9-19-13-4-2-1-3-11(12)13;/h1-4,10,12,15H,5-9H2,(H,16,17);1H. The highest BCUT2D eigenvalue weighted by atomic mass is 35.5. The molecule has 0 aliphatic carbocycles. The number of carbonyl (C=O) groups is 1. The molecule has 2 aliphatic heterocycles. The summed E-state index contributed by atoms with van der Waals surface area (Å²) in [5.41, 5.74) is 1.24. The predicted octanol–water partition coefficient (Wildman–Crippen LogP) is 1.75. The number of benzene rings is 1. The number of ether oxygens (including phenoxy) is 1. The van der Waals surface area contributed by atoms with Gasteiger partial charge in [0, 0.05) is 29.7 Å². The van der Waals surface area contributed by atoms with Crippen LogP contribution in [0.5, 0.6) is 0 Å². The molecule has 6 heteroatoms. The Bertz CT molecular complexity index is 466. The number of nitrogens with one attached hydrogen (secondary N) is 2. The van der Waals surface area contributed by atoms with Gasteiger partial charge >= 0.3 is 0 Å². The summed E-state index contributed by atoms with van der Waals surface area (Å²) in [7, 11) is 0. The van der Waals surface area contributed by atoms with Crippen LogP contribution in [-0.4, -0.2) is 37.5 Å². The lowest BCUT2D eigenvalue weighted by molar-refractivity contribution is -0.122. The zero-order valence-corrected chi connectivity index (χ0v) is 12.8. The summed E-state index contributed by atoms with van der Waals surface area (Å²) in [5, 5.41) is 6.43. The molecule has 110 valence electrons. The number of halogens is 1. The van der Waals surface area contributed by atoms with Gasteiger partial charge in [0.15, 0.2) is 0 Å². The maximum atomic E-state index is 12.1. The van der Waals surface area contributed by atoms with Gasteiger partial charge in [0.2, 0.25) is 5.91 Å². The van der Waals surface area contributed by atoms with E-state index in [4.69, 9.17) is 4.74 Å². The highest BCUT2D eigenvalue weighted by Crippen LogP contribution is 2.37. The number of morpholine rings is 1. The average Bonchev–Trinajstić information content (AvgIpc) is 2.83. The Kier molecular flexibility index (Phi) is 5.72. The van der Waals surface area contributed by atoms with E-state index >= 15 is 0 Å². The van der Waals surface area contributed by atoms with Crippen molar-refractivity contribution in [2.45, 2.75) is 23.4 Å². The van der Waals surface area contributed by atoms with Crippen LogP contribution < -0.4 is 10.6 Å². The Labute approximate surface area is 129 Å². The van der Waals surface area contributed by atoms with Crippen LogP contribution in [0, 0.1) is 0 Å². The maximum absolute atomic E-state index is 12.1. The summed E-state index contributed by atoms with van der Waals surface area (Å²) in [5.74, 6) is 1.03. The van der Waals surface area contributed by atoms with Crippen LogP contribution in [0.15, 0.2) is 29.2 Å². The van der Waals surface area contributed by atoms with E-state index in [1.165, 1.54) is 10.5 Å². The molecule has 2 heterocycles. The lowest BCUT2D eigenvalue weighted by Crippen LogP contribution is -2.44. The van der Waals surface area contributed by atoms with Gasteiger partial charge in [-0.25, -0.2) is 0 Å². The molecule has 0 spiro atoms. The van der Waals surface area contributed by atoms with Crippen molar-refractivity contribution < 1.29 is 9.53 Å². The molecule has 20 heavy (non-hydrogen) atoms. The fourth-order valence-electron chi connectivity index (χ4n) is 2.51. The van der Waals surface area contributed by atoms with Crippen molar-refractivity contribution in [3.8, 4) is 0 Å². The minimum Gasteiger partial charge on any atom is -0.378 e. The van der Waals surface area contributed by atoms with E-state index in [2.05, 4.69) is 22.8 Å². The van der Waals surface area contributed by atoms with Gasteiger partial charge in [-0.05, 0) is 11.6 Å². The summed E-state index contributed by atoms with van der Waals surface area (Å²) in [6.45, 7) is 2.20. The summed E-state index contributed by atoms with van der Waals surface area (Å²) in [6.07, 6.45) is 0.489. The first-order valence-electron chi connectivity index (χ1n) is 6.65. The smallest absolute Gasteiger partial charge is 0.222 e. The molecular weight excluding hydrogens is 296 g/mol. The third-order valence-corrected chi connectivity index (χ3v) is 4.65. The summed E-state index contributed by atoms with van der Waals surface area (Å²) in [4.78, 5) is 13.3. The lowest BCUT2D eigenvalue weighted by Gasteiger charge is -2.24. The Morgan fingerprint density at radius 3 is 3.10 bits per heavy atom. The third-order valence-electron chi connectivity index (χ3n) is 3.47. The van der Waals surface area contributed by atoms with Gasteiger partial charge < -0.3 is 15.4 Å². The van der Waals surface area contributed by atoms with Crippen LogP contribution in [-0.2, 0) is 9.53 Å². The van der Waals surface area contributed by atoms with Crippen molar-refractivity contribution >= 4 is 30.1 Å². The van der Waals surface area contributed by atoms with E-state index in [1.807, 2.05) is 23.9 Å². The first-order chi connectivity index (χ1) is 9.33. The van der Waals surface area contributed by atoms with E-state index in [-0.39, 0.29) is 30.4 Å². The minimum atomic E-state index is 0. The van der Waals surface area contributed by atoms with Crippen molar-refractivity contribution in [1.82, 2.24) is 10.6 Å². The monoisotopic (exact) mass is 314 g/mol. The minimum absolute atomic E-state index is 0. The molecule has 2 atom stereocenters. The van der Waals surface area contributed by atoms with E-state index < -0.39 is 0 Å². The highest BCUT2D eigenvalue weighted by molar-refractivity contribution is 7.99. The number of carbonyl (C=O) groups excluding carboxylic acids is 1. The molecule has 4 nitrogen and oxygen atoms in total. The molecular formula is C14H19ClN2O2S. The Hall–Kier alpha value is -0.750. The van der Waals surface area contributed by atoms with Gasteiger partial charge in [0.25, 0.3) is 0 Å². The van der Waals surface area contributed by atoms with Gasteiger partial charge in [-0.15, -0.1) is 24.2 Å². The topological polar surface area (TPSA) is 50.4 Å². The van der Waals surface area contributed by atoms with Crippen molar-refractivity contribution in [3.63, 3.8) is 0 Å². The largest absolute Gasteiger partial charge is 0.378 e. The number of fused-ring (bicyclic) bond motifs is 1. The Morgan fingerprint density at radius 2 is 2.30 bits per heavy atom. The highest BCUT2D eigenvalue weighted by Gasteiger charge is 2.25. The fraction of sp³-hybridized carbons (Fsp3) is 0.500. The Balaban J connectivity index is 0.00000147. The molecule has 1 aromatic carbocycles. The number of thioether (sulfide) groups is 1. The molecule has 2 N–H and O–H groups in total. The molecule has 0 bridgehead atoms. The lowest BCUT2D eigenvalue weighted by atomic mass is 10.1. The van der Waals surface area contributed by atoms with Gasteiger partial charge in [0.1, 0.15) is 0 Å². The number of hydrogen-bond donors (Lipinski definition) is 2. The first kappa shape index (κ1) is 15.6. The second-order valence-electron chi connectivity index (χ2n) is 4.90. The van der Waals surface area contributed by atoms with E-state index in [9.17, 15) is 4.79 Å². The zero-order chi connectivity index (χ0) is 13.1. The zero-order valence-electron chi connectivity index (χ0n) is 11.1. The van der Waals surface area contributed by atoms with Crippen LogP contribution in [0.3, 0.4) is 0 Å². The van der Waals surface area contributed by atoms with Gasteiger partial charge in [0.05, 0.1) is 19.3 Å². The summed E-state index contributed by atoms with van der Waals surface area (Å²) in [6, 6.07) is 8.58. The maximum Gasteiger partial charge on any atom is 0.222 e. The first-order valence-corrected chi connectivity index (χ1v) is 7.64. The number of amides is 1. The molecule has 3 rings (SSSR count). The van der Waals surface area contributed by atoms with Crippen molar-refractivity contribution in [1.29, 1.82) is 0 Å².